The van der Waals surface area contributed by atoms with Crippen LogP contribution in [0.4, 0.5) is 4.79 Å². The van der Waals surface area contributed by atoms with E-state index in [9.17, 15) is 22.8 Å². The minimum absolute atomic E-state index is 0.0815. The van der Waals surface area contributed by atoms with Gasteiger partial charge in [0.15, 0.2) is 6.10 Å². The molecule has 1 aromatic rings. The normalized spacial score (nSPS) is 13.4. The summed E-state index contributed by atoms with van der Waals surface area (Å²) in [5.41, 5.74) is 0. The highest BCUT2D eigenvalue weighted by Crippen LogP contribution is 2.14. The third kappa shape index (κ3) is 6.33. The molecule has 0 saturated carbocycles. The summed E-state index contributed by atoms with van der Waals surface area (Å²) in [5.74, 6) is -1.82. The molecule has 0 aromatic heterocycles. The van der Waals surface area contributed by atoms with Gasteiger partial charge in [0.05, 0.1) is 4.90 Å². The summed E-state index contributed by atoms with van der Waals surface area (Å²) in [7, 11) is -2.66. The van der Waals surface area contributed by atoms with E-state index < -0.39 is 40.1 Å². The van der Waals surface area contributed by atoms with E-state index >= 15 is 0 Å². The van der Waals surface area contributed by atoms with Gasteiger partial charge in [0.2, 0.25) is 10.0 Å². The summed E-state index contributed by atoms with van der Waals surface area (Å²) in [5, 5.41) is 4.47. The van der Waals surface area contributed by atoms with E-state index in [2.05, 4.69) is 10.0 Å². The Morgan fingerprint density at radius 3 is 2.20 bits per heavy atom. The third-order valence-electron chi connectivity index (χ3n) is 2.94. The van der Waals surface area contributed by atoms with Crippen LogP contribution in [-0.4, -0.2) is 45.5 Å². The Labute approximate surface area is 150 Å². The first-order chi connectivity index (χ1) is 11.6. The van der Waals surface area contributed by atoms with Crippen molar-refractivity contribution in [2.45, 2.75) is 30.9 Å². The van der Waals surface area contributed by atoms with Crippen LogP contribution in [0.3, 0.4) is 0 Å². The van der Waals surface area contributed by atoms with E-state index in [0.717, 1.165) is 0 Å². The maximum atomic E-state index is 12.2. The van der Waals surface area contributed by atoms with Crippen LogP contribution >= 0.6 is 11.6 Å². The van der Waals surface area contributed by atoms with Gasteiger partial charge in [0.1, 0.15) is 6.04 Å². The number of ether oxygens (including phenoxy) is 1. The van der Waals surface area contributed by atoms with Crippen molar-refractivity contribution >= 4 is 39.5 Å². The quantitative estimate of drug-likeness (QED) is 0.601. The average Bonchev–Trinajstić information content (AvgIpc) is 2.54. The molecule has 0 aliphatic heterocycles. The lowest BCUT2D eigenvalue weighted by Crippen LogP contribution is -2.46. The van der Waals surface area contributed by atoms with E-state index in [0.29, 0.717) is 5.02 Å². The van der Waals surface area contributed by atoms with Crippen LogP contribution in [0.2, 0.25) is 5.02 Å². The van der Waals surface area contributed by atoms with Gasteiger partial charge in [-0.25, -0.2) is 13.2 Å². The number of amides is 3. The maximum absolute atomic E-state index is 12.2. The number of nitrogens with one attached hydrogen (secondary N) is 3. The molecule has 11 heteroatoms. The third-order valence-corrected chi connectivity index (χ3v) is 4.74. The first-order valence-corrected chi connectivity index (χ1v) is 8.94. The molecular formula is C14H18ClN3O6S. The predicted molar refractivity (Wildman–Crippen MR) is 89.4 cm³/mol. The zero-order valence-corrected chi connectivity index (χ0v) is 15.3. The molecule has 1 rings (SSSR count). The molecule has 25 heavy (non-hydrogen) atoms. The average molecular weight is 392 g/mol. The monoisotopic (exact) mass is 391 g/mol. The Morgan fingerprint density at radius 2 is 1.68 bits per heavy atom. The largest absolute Gasteiger partial charge is 0.451 e. The number of hydrogen-bond donors (Lipinski definition) is 3. The molecular weight excluding hydrogens is 374 g/mol. The molecule has 0 aliphatic rings. The van der Waals surface area contributed by atoms with Gasteiger partial charge in [-0.1, -0.05) is 11.6 Å². The van der Waals surface area contributed by atoms with Crippen LogP contribution < -0.4 is 15.4 Å². The lowest BCUT2D eigenvalue weighted by atomic mass is 10.3. The maximum Gasteiger partial charge on any atom is 0.324 e. The zero-order chi connectivity index (χ0) is 19.2. The van der Waals surface area contributed by atoms with Gasteiger partial charge in [-0.15, -0.1) is 0 Å². The van der Waals surface area contributed by atoms with Crippen molar-refractivity contribution in [3.05, 3.63) is 29.3 Å². The molecule has 3 amide bonds. The zero-order valence-electron chi connectivity index (χ0n) is 13.7. The SMILES string of the molecule is CNC(=O)NC(=O)[C@H](C)OC(=O)[C@H](C)NS(=O)(=O)c1ccc(Cl)cc1. The minimum Gasteiger partial charge on any atom is -0.451 e. The topological polar surface area (TPSA) is 131 Å². The lowest BCUT2D eigenvalue weighted by Gasteiger charge is -2.17. The van der Waals surface area contributed by atoms with Gasteiger partial charge >= 0.3 is 12.0 Å². The predicted octanol–water partition coefficient (Wildman–Crippen LogP) is 0.394. The fourth-order valence-electron chi connectivity index (χ4n) is 1.57. The van der Waals surface area contributed by atoms with Crippen molar-refractivity contribution in [1.82, 2.24) is 15.4 Å². The minimum atomic E-state index is -3.97. The van der Waals surface area contributed by atoms with Gasteiger partial charge < -0.3 is 10.1 Å². The van der Waals surface area contributed by atoms with Crippen LogP contribution in [0.5, 0.6) is 0 Å². The Morgan fingerprint density at radius 1 is 1.12 bits per heavy atom. The van der Waals surface area contributed by atoms with Crippen molar-refractivity contribution in [1.29, 1.82) is 0 Å². The Balaban J connectivity index is 2.68. The van der Waals surface area contributed by atoms with E-state index in [1.54, 1.807) is 0 Å². The highest BCUT2D eigenvalue weighted by Gasteiger charge is 2.26. The molecule has 9 nitrogen and oxygen atoms in total. The number of imide groups is 1. The number of carbonyl (C=O) groups is 3. The van der Waals surface area contributed by atoms with Crippen molar-refractivity contribution in [2.75, 3.05) is 7.05 Å². The second-order valence-electron chi connectivity index (χ2n) is 4.94. The number of urea groups is 1. The van der Waals surface area contributed by atoms with E-state index in [4.69, 9.17) is 16.3 Å². The van der Waals surface area contributed by atoms with Gasteiger partial charge in [-0.3, -0.25) is 14.9 Å². The molecule has 0 unspecified atom stereocenters. The summed E-state index contributed by atoms with van der Waals surface area (Å²) >= 11 is 5.70. The van der Waals surface area contributed by atoms with E-state index in [1.165, 1.54) is 45.2 Å². The summed E-state index contributed by atoms with van der Waals surface area (Å²) in [4.78, 5) is 34.5. The number of hydrogen-bond acceptors (Lipinski definition) is 6. The van der Waals surface area contributed by atoms with Gasteiger partial charge in [0.25, 0.3) is 5.91 Å². The van der Waals surface area contributed by atoms with Crippen LogP contribution in [0.25, 0.3) is 0 Å². The molecule has 2 atom stereocenters. The molecule has 1 aromatic carbocycles. The molecule has 0 aliphatic carbocycles. The number of rotatable bonds is 6. The van der Waals surface area contributed by atoms with Crippen LogP contribution in [0, 0.1) is 0 Å². The van der Waals surface area contributed by atoms with E-state index in [1.807, 2.05) is 5.32 Å². The number of esters is 1. The summed E-state index contributed by atoms with van der Waals surface area (Å²) in [6, 6.07) is 3.33. The van der Waals surface area contributed by atoms with Crippen molar-refractivity contribution in [3.8, 4) is 0 Å². The number of halogens is 1. The number of benzene rings is 1. The van der Waals surface area contributed by atoms with Crippen molar-refractivity contribution in [3.63, 3.8) is 0 Å². The van der Waals surface area contributed by atoms with Crippen molar-refractivity contribution < 1.29 is 27.5 Å². The number of sulfonamides is 1. The molecule has 0 saturated heterocycles. The van der Waals surface area contributed by atoms with Gasteiger partial charge in [-0.05, 0) is 38.1 Å². The highest BCUT2D eigenvalue weighted by atomic mass is 35.5. The summed E-state index contributed by atoms with van der Waals surface area (Å²) in [6.45, 7) is 2.51. The fraction of sp³-hybridized carbons (Fsp3) is 0.357. The second-order valence-corrected chi connectivity index (χ2v) is 7.09. The molecule has 138 valence electrons. The van der Waals surface area contributed by atoms with Crippen LogP contribution in [-0.2, 0) is 24.3 Å². The molecule has 0 radical (unpaired) electrons. The van der Waals surface area contributed by atoms with Crippen LogP contribution in [0.15, 0.2) is 29.2 Å². The molecule has 0 fully saturated rings. The molecule has 3 N–H and O–H groups in total. The molecule has 0 heterocycles. The summed E-state index contributed by atoms with van der Waals surface area (Å²) < 4.78 is 31.3. The Kier molecular flexibility index (Phi) is 7.34. The fourth-order valence-corrected chi connectivity index (χ4v) is 2.89. The molecule has 0 bridgehead atoms. The van der Waals surface area contributed by atoms with Crippen LogP contribution in [0.1, 0.15) is 13.8 Å². The second kappa shape index (κ2) is 8.79. The highest BCUT2D eigenvalue weighted by molar-refractivity contribution is 7.89. The lowest BCUT2D eigenvalue weighted by molar-refractivity contribution is -0.155. The van der Waals surface area contributed by atoms with Gasteiger partial charge in [-0.2, -0.15) is 4.72 Å². The Bertz CT molecular complexity index is 750. The summed E-state index contributed by atoms with van der Waals surface area (Å²) in [6.07, 6.45) is -1.28. The van der Waals surface area contributed by atoms with Crippen molar-refractivity contribution in [2.24, 2.45) is 0 Å². The Hall–Kier alpha value is -2.17. The van der Waals surface area contributed by atoms with E-state index in [-0.39, 0.29) is 4.90 Å². The first kappa shape index (κ1) is 20.9. The molecule has 0 spiro atoms. The standard InChI is InChI=1S/C14H18ClN3O6S/c1-8(13(20)24-9(2)12(19)17-14(21)16-3)18-25(22,23)11-6-4-10(15)5-7-11/h4-9,18H,1-3H3,(H2,16,17,19,21)/t8-,9-/m0/s1. The van der Waals surface area contributed by atoms with Gasteiger partial charge in [0, 0.05) is 12.1 Å². The smallest absolute Gasteiger partial charge is 0.324 e. The first-order valence-electron chi connectivity index (χ1n) is 7.07. The number of carbonyl (C=O) groups excluding carboxylic acids is 3.